The van der Waals surface area contributed by atoms with Gasteiger partial charge in [0, 0.05) is 25.7 Å². The molecule has 0 bridgehead atoms. The first-order chi connectivity index (χ1) is 42.1. The van der Waals surface area contributed by atoms with Gasteiger partial charge in [-0.25, -0.2) is 9.13 Å². The third kappa shape index (κ3) is 61.6. The molecule has 0 aromatic carbocycles. The van der Waals surface area contributed by atoms with Gasteiger partial charge in [-0.2, -0.15) is 0 Å². The van der Waals surface area contributed by atoms with Crippen molar-refractivity contribution in [3.8, 4) is 0 Å². The summed E-state index contributed by atoms with van der Waals surface area (Å²) in [5, 5.41) is 10.6. The fourth-order valence-corrected chi connectivity index (χ4v) is 11.9. The Kier molecular flexibility index (Phi) is 57.6. The maximum atomic E-state index is 13.0. The number of unbranched alkanes of at least 4 members (excludes halogenated alkanes) is 31. The topological polar surface area (TPSA) is 237 Å². The number of hydrogen-bond donors (Lipinski definition) is 3. The van der Waals surface area contributed by atoms with Crippen LogP contribution in [-0.2, 0) is 65.4 Å². The first-order valence-electron chi connectivity index (χ1n) is 35.7. The molecule has 3 unspecified atom stereocenters. The van der Waals surface area contributed by atoms with Gasteiger partial charge in [0.25, 0.3) is 0 Å². The number of hydrogen-bond acceptors (Lipinski definition) is 15. The highest BCUT2D eigenvalue weighted by atomic mass is 31.2. The summed E-state index contributed by atoms with van der Waals surface area (Å²) in [6.45, 7) is 14.0. The molecule has 0 aliphatic heterocycles. The van der Waals surface area contributed by atoms with E-state index >= 15 is 0 Å². The summed E-state index contributed by atoms with van der Waals surface area (Å²) >= 11 is 0. The molecule has 0 aromatic rings. The van der Waals surface area contributed by atoms with Crippen molar-refractivity contribution in [1.82, 2.24) is 0 Å². The van der Waals surface area contributed by atoms with Crippen LogP contribution in [-0.4, -0.2) is 96.7 Å². The van der Waals surface area contributed by atoms with E-state index in [0.29, 0.717) is 31.6 Å². The lowest BCUT2D eigenvalue weighted by Gasteiger charge is -2.21. The molecular weight excluding hydrogens is 1160 g/mol. The molecular formula is C69H134O17P2. The third-order valence-corrected chi connectivity index (χ3v) is 18.1. The molecule has 0 aromatic heterocycles. The molecule has 0 saturated carbocycles. The predicted octanol–water partition coefficient (Wildman–Crippen LogP) is 19.3. The first kappa shape index (κ1) is 86.1. The number of carbonyl (C=O) groups excluding carboxylic acids is 4. The Morgan fingerprint density at radius 3 is 0.807 bits per heavy atom. The Hall–Kier alpha value is -1.94. The van der Waals surface area contributed by atoms with Gasteiger partial charge in [-0.1, -0.05) is 287 Å². The Morgan fingerprint density at radius 2 is 0.545 bits per heavy atom. The van der Waals surface area contributed by atoms with Crippen LogP contribution in [0.2, 0.25) is 0 Å². The highest BCUT2D eigenvalue weighted by Gasteiger charge is 2.30. The molecule has 6 atom stereocenters. The Morgan fingerprint density at radius 1 is 0.318 bits per heavy atom. The van der Waals surface area contributed by atoms with Crippen molar-refractivity contribution >= 4 is 39.5 Å². The molecule has 0 heterocycles. The molecule has 17 nitrogen and oxygen atoms in total. The van der Waals surface area contributed by atoms with Crippen LogP contribution in [0.4, 0.5) is 0 Å². The smallest absolute Gasteiger partial charge is 0.462 e. The average molecular weight is 1300 g/mol. The fourth-order valence-electron chi connectivity index (χ4n) is 10.3. The van der Waals surface area contributed by atoms with Gasteiger partial charge in [-0.05, 0) is 49.4 Å². The second-order valence-electron chi connectivity index (χ2n) is 26.6. The molecule has 88 heavy (non-hydrogen) atoms. The summed E-state index contributed by atoms with van der Waals surface area (Å²) in [5.74, 6) is 0.836. The van der Waals surface area contributed by atoms with E-state index in [1.165, 1.54) is 135 Å². The largest absolute Gasteiger partial charge is 0.472 e. The number of aliphatic hydroxyl groups is 1. The van der Waals surface area contributed by atoms with Crippen molar-refractivity contribution in [2.45, 2.75) is 356 Å². The highest BCUT2D eigenvalue weighted by Crippen LogP contribution is 2.45. The van der Waals surface area contributed by atoms with E-state index < -0.39 is 97.5 Å². The molecule has 0 amide bonds. The average Bonchev–Trinajstić information content (AvgIpc) is 3.53. The Labute approximate surface area is 537 Å². The molecule has 0 fully saturated rings. The van der Waals surface area contributed by atoms with E-state index in [0.717, 1.165) is 114 Å². The summed E-state index contributed by atoms with van der Waals surface area (Å²) in [6, 6.07) is 0. The maximum Gasteiger partial charge on any atom is 0.472 e. The molecule has 0 rings (SSSR count). The van der Waals surface area contributed by atoms with E-state index in [1.807, 2.05) is 0 Å². The summed E-state index contributed by atoms with van der Waals surface area (Å²) in [6.07, 6.45) is 40.4. The van der Waals surface area contributed by atoms with Crippen molar-refractivity contribution in [3.63, 3.8) is 0 Å². The van der Waals surface area contributed by atoms with Gasteiger partial charge in [0.05, 0.1) is 26.4 Å². The van der Waals surface area contributed by atoms with Crippen LogP contribution in [0.15, 0.2) is 0 Å². The summed E-state index contributed by atoms with van der Waals surface area (Å²) in [5.41, 5.74) is 0. The van der Waals surface area contributed by atoms with Gasteiger partial charge >= 0.3 is 39.5 Å². The minimum Gasteiger partial charge on any atom is -0.462 e. The second-order valence-corrected chi connectivity index (χ2v) is 29.5. The number of ether oxygens (including phenoxy) is 4. The normalized spacial score (nSPS) is 14.6. The molecule has 0 spiro atoms. The molecule has 0 radical (unpaired) electrons. The van der Waals surface area contributed by atoms with Crippen molar-refractivity contribution in [2.75, 3.05) is 39.6 Å². The number of phosphoric acid groups is 2. The maximum absolute atomic E-state index is 13.0. The number of phosphoric ester groups is 2. The van der Waals surface area contributed by atoms with Crippen molar-refractivity contribution in [3.05, 3.63) is 0 Å². The van der Waals surface area contributed by atoms with E-state index in [4.69, 9.17) is 37.0 Å². The van der Waals surface area contributed by atoms with Gasteiger partial charge in [-0.3, -0.25) is 37.3 Å². The molecule has 0 aliphatic rings. The standard InChI is InChI=1S/C69H134O17P2/c1-9-62(8)48-40-32-23-19-20-26-36-44-52-69(74)86-64(55-79-66(71)49-41-33-24-18-14-16-22-30-38-46-60(4)5)57-83-87(75,76)81-53-63(70)54-82-88(77,78)84-58-65(56-80-67(72)50-42-34-28-27-31-39-47-61(6)7)85-68(73)51-43-35-25-17-13-11-10-12-15-21-29-37-45-59(2)3/h59-65,70H,9-58H2,1-8H3,(H,75,76)(H,77,78)/t62?,63-,64-,65-/m1/s1. The first-order valence-corrected chi connectivity index (χ1v) is 38.7. The monoisotopic (exact) mass is 1300 g/mol. The molecule has 0 aliphatic carbocycles. The number of aliphatic hydroxyl groups excluding tert-OH is 1. The zero-order valence-corrected chi connectivity index (χ0v) is 59.1. The van der Waals surface area contributed by atoms with Crippen LogP contribution >= 0.6 is 15.6 Å². The van der Waals surface area contributed by atoms with Gasteiger partial charge < -0.3 is 33.8 Å². The van der Waals surface area contributed by atoms with Crippen LogP contribution in [0.5, 0.6) is 0 Å². The minimum atomic E-state index is -4.95. The van der Waals surface area contributed by atoms with E-state index in [1.54, 1.807) is 0 Å². The lowest BCUT2D eigenvalue weighted by molar-refractivity contribution is -0.161. The Balaban J connectivity index is 5.25. The van der Waals surface area contributed by atoms with Crippen molar-refractivity contribution < 1.29 is 80.2 Å². The van der Waals surface area contributed by atoms with Gasteiger partial charge in [0.1, 0.15) is 19.3 Å². The van der Waals surface area contributed by atoms with Gasteiger partial charge in [-0.15, -0.1) is 0 Å². The molecule has 522 valence electrons. The lowest BCUT2D eigenvalue weighted by Crippen LogP contribution is -2.30. The second kappa shape index (κ2) is 58.8. The minimum absolute atomic E-state index is 0.104. The third-order valence-electron chi connectivity index (χ3n) is 16.2. The SMILES string of the molecule is CCC(C)CCCCCCCCCCC(=O)O[C@H](COC(=O)CCCCCCCCCCCC(C)C)COP(=O)(O)OC[C@@H](O)COP(=O)(O)OC[C@@H](COC(=O)CCCCCCCCC(C)C)OC(=O)CCCCCCCCCCCCCCC(C)C. The van der Waals surface area contributed by atoms with Crippen molar-refractivity contribution in [1.29, 1.82) is 0 Å². The summed E-state index contributed by atoms with van der Waals surface area (Å²) in [7, 11) is -9.90. The Bertz CT molecular complexity index is 1750. The number of rotatable bonds is 66. The molecule has 0 saturated heterocycles. The number of esters is 4. The lowest BCUT2D eigenvalue weighted by atomic mass is 9.99. The van der Waals surface area contributed by atoms with Crippen LogP contribution < -0.4 is 0 Å². The molecule has 19 heteroatoms. The van der Waals surface area contributed by atoms with Gasteiger partial charge in [0.2, 0.25) is 0 Å². The van der Waals surface area contributed by atoms with Crippen LogP contribution in [0.25, 0.3) is 0 Å². The summed E-state index contributed by atoms with van der Waals surface area (Å²) < 4.78 is 68.2. The zero-order valence-electron chi connectivity index (χ0n) is 57.3. The number of carbonyl (C=O) groups is 4. The predicted molar refractivity (Wildman–Crippen MR) is 354 cm³/mol. The summed E-state index contributed by atoms with van der Waals surface area (Å²) in [4.78, 5) is 72.5. The van der Waals surface area contributed by atoms with Crippen molar-refractivity contribution in [2.24, 2.45) is 23.7 Å². The van der Waals surface area contributed by atoms with E-state index in [9.17, 15) is 43.2 Å². The zero-order chi connectivity index (χ0) is 65.4. The van der Waals surface area contributed by atoms with E-state index in [2.05, 4.69) is 55.4 Å². The van der Waals surface area contributed by atoms with Crippen LogP contribution in [0.1, 0.15) is 338 Å². The van der Waals surface area contributed by atoms with E-state index in [-0.39, 0.29) is 25.7 Å². The van der Waals surface area contributed by atoms with Crippen LogP contribution in [0.3, 0.4) is 0 Å². The quantitative estimate of drug-likeness (QED) is 0.0222. The fraction of sp³-hybridized carbons (Fsp3) is 0.942. The van der Waals surface area contributed by atoms with Crippen LogP contribution in [0, 0.1) is 23.7 Å². The highest BCUT2D eigenvalue weighted by molar-refractivity contribution is 7.47. The molecule has 3 N–H and O–H groups in total. The van der Waals surface area contributed by atoms with Gasteiger partial charge in [0.15, 0.2) is 12.2 Å².